The maximum absolute atomic E-state index is 13.0. The minimum Gasteiger partial charge on any atom is -0.347 e. The molecule has 0 bridgehead atoms. The Morgan fingerprint density at radius 2 is 1.80 bits per heavy atom. The molecule has 35 heavy (non-hydrogen) atoms. The number of thiazole rings is 1. The first kappa shape index (κ1) is 25.8. The Balaban J connectivity index is 1.54. The van der Waals surface area contributed by atoms with Crippen LogP contribution in [0.15, 0.2) is 71.4 Å². The number of nitrogens with one attached hydrogen (secondary N) is 2. The van der Waals surface area contributed by atoms with Gasteiger partial charge in [-0.2, -0.15) is 8.42 Å². The topological polar surface area (TPSA) is 108 Å². The van der Waals surface area contributed by atoms with Crippen molar-refractivity contribution < 1.29 is 17.8 Å². The fraction of sp³-hybridized carbons (Fsp3) is 0.167. The van der Waals surface area contributed by atoms with Crippen LogP contribution in [0.4, 0.5) is 5.69 Å². The van der Waals surface area contributed by atoms with Crippen molar-refractivity contribution in [3.05, 3.63) is 93.8 Å². The van der Waals surface area contributed by atoms with Crippen molar-refractivity contribution in [2.75, 3.05) is 4.72 Å². The smallest absolute Gasteiger partial charge is 0.347 e. The van der Waals surface area contributed by atoms with E-state index in [4.69, 9.17) is 9.54 Å². The van der Waals surface area contributed by atoms with Gasteiger partial charge in [0.2, 0.25) is 5.91 Å². The van der Waals surface area contributed by atoms with E-state index in [1.807, 2.05) is 51.9 Å². The molecule has 0 spiro atoms. The van der Waals surface area contributed by atoms with Crippen LogP contribution in [-0.4, -0.2) is 23.9 Å². The SMILES string of the molecule is O=C(Cc1cccc(CI)c1)N[C@@H](Cc1ccc(NS(=O)(=O)O)cc1)c1csc(-c2cccs2)n1. The van der Waals surface area contributed by atoms with Gasteiger partial charge in [-0.05, 0) is 46.7 Å². The van der Waals surface area contributed by atoms with Gasteiger partial charge in [-0.3, -0.25) is 14.1 Å². The second-order valence-corrected chi connectivity index (χ2v) is 11.5. The van der Waals surface area contributed by atoms with Crippen LogP contribution < -0.4 is 10.0 Å². The van der Waals surface area contributed by atoms with E-state index in [1.165, 1.54) is 16.9 Å². The monoisotopic (exact) mass is 639 g/mol. The Morgan fingerprint density at radius 1 is 1.03 bits per heavy atom. The molecule has 2 heterocycles. The first-order valence-electron chi connectivity index (χ1n) is 10.6. The van der Waals surface area contributed by atoms with E-state index in [0.29, 0.717) is 6.42 Å². The lowest BCUT2D eigenvalue weighted by Crippen LogP contribution is -2.31. The summed E-state index contributed by atoms with van der Waals surface area (Å²) in [6.07, 6.45) is 0.736. The highest BCUT2D eigenvalue weighted by Crippen LogP contribution is 2.31. The van der Waals surface area contributed by atoms with Gasteiger partial charge in [0, 0.05) is 9.81 Å². The molecule has 2 aromatic carbocycles. The number of nitrogens with zero attached hydrogens (tertiary/aromatic N) is 1. The fourth-order valence-electron chi connectivity index (χ4n) is 3.54. The van der Waals surface area contributed by atoms with E-state index in [-0.39, 0.29) is 24.1 Å². The Kier molecular flexibility index (Phi) is 8.55. The van der Waals surface area contributed by atoms with Gasteiger partial charge in [0.15, 0.2) is 0 Å². The highest BCUT2D eigenvalue weighted by molar-refractivity contribution is 14.1. The summed E-state index contributed by atoms with van der Waals surface area (Å²) in [5.41, 5.74) is 4.03. The van der Waals surface area contributed by atoms with Gasteiger partial charge in [0.25, 0.3) is 0 Å². The van der Waals surface area contributed by atoms with E-state index in [9.17, 15) is 13.2 Å². The molecule has 2 aromatic heterocycles. The first-order chi connectivity index (χ1) is 16.8. The average Bonchev–Trinajstić information content (AvgIpc) is 3.51. The zero-order valence-electron chi connectivity index (χ0n) is 18.3. The van der Waals surface area contributed by atoms with Crippen molar-refractivity contribution in [2.24, 2.45) is 0 Å². The molecule has 0 saturated heterocycles. The summed E-state index contributed by atoms with van der Waals surface area (Å²) < 4.78 is 34.0. The molecule has 0 unspecified atom stereocenters. The summed E-state index contributed by atoms with van der Waals surface area (Å²) in [6, 6.07) is 18.3. The van der Waals surface area contributed by atoms with E-state index in [1.54, 1.807) is 35.6 Å². The van der Waals surface area contributed by atoms with Crippen LogP contribution in [0.5, 0.6) is 0 Å². The molecule has 0 aliphatic heterocycles. The third kappa shape index (κ3) is 7.58. The van der Waals surface area contributed by atoms with Crippen molar-refractivity contribution in [1.29, 1.82) is 0 Å². The minimum absolute atomic E-state index is 0.101. The van der Waals surface area contributed by atoms with Crippen LogP contribution in [0, 0.1) is 0 Å². The van der Waals surface area contributed by atoms with Crippen molar-refractivity contribution in [1.82, 2.24) is 10.3 Å². The number of carbonyl (C=O) groups is 1. The summed E-state index contributed by atoms with van der Waals surface area (Å²) >= 11 is 5.45. The molecule has 1 amide bonds. The van der Waals surface area contributed by atoms with Crippen molar-refractivity contribution in [3.8, 4) is 9.88 Å². The lowest BCUT2D eigenvalue weighted by Gasteiger charge is -2.18. The molecule has 3 N–H and O–H groups in total. The maximum Gasteiger partial charge on any atom is 0.357 e. The normalized spacial score (nSPS) is 12.3. The summed E-state index contributed by atoms with van der Waals surface area (Å²) in [5, 5.41) is 8.00. The number of halogens is 1. The van der Waals surface area contributed by atoms with Crippen LogP contribution in [0.25, 0.3) is 9.88 Å². The number of rotatable bonds is 10. The summed E-state index contributed by atoms with van der Waals surface area (Å²) in [7, 11) is -4.34. The van der Waals surface area contributed by atoms with Crippen LogP contribution in [-0.2, 0) is 32.4 Å². The second kappa shape index (κ2) is 11.6. The molecule has 0 aliphatic rings. The molecule has 4 rings (SSSR count). The Bertz CT molecular complexity index is 1390. The highest BCUT2D eigenvalue weighted by Gasteiger charge is 2.20. The third-order valence-electron chi connectivity index (χ3n) is 5.10. The summed E-state index contributed by atoms with van der Waals surface area (Å²) in [6.45, 7) is 0. The molecule has 182 valence electrons. The number of carbonyl (C=O) groups excluding carboxylic acids is 1. The molecular weight excluding hydrogens is 617 g/mol. The lowest BCUT2D eigenvalue weighted by atomic mass is 10.0. The first-order valence-corrected chi connectivity index (χ1v) is 15.3. The van der Waals surface area contributed by atoms with Crippen LogP contribution >= 0.6 is 45.3 Å². The summed E-state index contributed by atoms with van der Waals surface area (Å²) in [4.78, 5) is 18.9. The quantitative estimate of drug-likeness (QED) is 0.118. The van der Waals surface area contributed by atoms with E-state index in [2.05, 4.69) is 27.9 Å². The number of alkyl halides is 1. The van der Waals surface area contributed by atoms with Gasteiger partial charge in [-0.25, -0.2) is 4.98 Å². The number of aromatic nitrogens is 1. The average molecular weight is 640 g/mol. The third-order valence-corrected chi connectivity index (χ3v) is 8.37. The molecule has 4 aromatic rings. The van der Waals surface area contributed by atoms with Gasteiger partial charge in [-0.15, -0.1) is 22.7 Å². The zero-order valence-corrected chi connectivity index (χ0v) is 23.0. The van der Waals surface area contributed by atoms with Crippen LogP contribution in [0.2, 0.25) is 0 Å². The molecular formula is C24H22IN3O4S3. The molecule has 7 nitrogen and oxygen atoms in total. The lowest BCUT2D eigenvalue weighted by molar-refractivity contribution is -0.121. The number of benzene rings is 2. The number of anilines is 1. The minimum atomic E-state index is -4.34. The second-order valence-electron chi connectivity index (χ2n) is 7.78. The van der Waals surface area contributed by atoms with E-state index >= 15 is 0 Å². The zero-order chi connectivity index (χ0) is 24.8. The molecule has 0 saturated carbocycles. The molecule has 0 fully saturated rings. The number of amides is 1. The van der Waals surface area contributed by atoms with Crippen LogP contribution in [0.3, 0.4) is 0 Å². The Hall–Kier alpha value is -2.32. The van der Waals surface area contributed by atoms with Gasteiger partial charge in [-0.1, -0.05) is 65.1 Å². The fourth-order valence-corrected chi connectivity index (χ4v) is 6.13. The number of hydrogen-bond acceptors (Lipinski definition) is 6. The van der Waals surface area contributed by atoms with Crippen LogP contribution in [0.1, 0.15) is 28.4 Å². The van der Waals surface area contributed by atoms with Crippen molar-refractivity contribution in [2.45, 2.75) is 23.3 Å². The molecule has 11 heteroatoms. The molecule has 0 radical (unpaired) electrons. The van der Waals surface area contributed by atoms with Gasteiger partial charge in [0.1, 0.15) is 5.01 Å². The van der Waals surface area contributed by atoms with Crippen molar-refractivity contribution >= 4 is 67.2 Å². The maximum atomic E-state index is 13.0. The van der Waals surface area contributed by atoms with Crippen molar-refractivity contribution in [3.63, 3.8) is 0 Å². The molecule has 1 atom stereocenters. The number of hydrogen-bond donors (Lipinski definition) is 3. The predicted molar refractivity (Wildman–Crippen MR) is 149 cm³/mol. The van der Waals surface area contributed by atoms with Gasteiger partial charge < -0.3 is 5.32 Å². The summed E-state index contributed by atoms with van der Waals surface area (Å²) in [5.74, 6) is -0.101. The number of thiophene rings is 1. The Labute approximate surface area is 225 Å². The predicted octanol–water partition coefficient (Wildman–Crippen LogP) is 5.66. The Morgan fingerprint density at radius 3 is 2.49 bits per heavy atom. The van der Waals surface area contributed by atoms with E-state index < -0.39 is 10.3 Å². The van der Waals surface area contributed by atoms with Gasteiger partial charge in [0.05, 0.1) is 28.7 Å². The molecule has 0 aliphatic carbocycles. The highest BCUT2D eigenvalue weighted by atomic mass is 127. The van der Waals surface area contributed by atoms with E-state index in [0.717, 1.165) is 31.1 Å². The standard InChI is InChI=1S/C24H22IN3O4S3/c25-14-18-4-1-3-17(11-18)13-23(29)26-20(21-15-34-24(27-21)22-5-2-10-33-22)12-16-6-8-19(9-7-16)28-35(30,31)32/h1-11,15,20,28H,12-14H2,(H,26,29)(H,30,31,32)/t20-/m0/s1. The van der Waals surface area contributed by atoms with Gasteiger partial charge >= 0.3 is 10.3 Å². The largest absolute Gasteiger partial charge is 0.357 e.